The molecule has 0 N–H and O–H groups in total. The highest BCUT2D eigenvalue weighted by Crippen LogP contribution is 2.35. The minimum atomic E-state index is -4.55. The Balaban J connectivity index is 1.86. The Kier molecular flexibility index (Phi) is 7.71. The van der Waals surface area contributed by atoms with Crippen LogP contribution in [0, 0.1) is 11.3 Å². The molecule has 0 aliphatic rings. The van der Waals surface area contributed by atoms with Crippen LogP contribution in [0.4, 0.5) is 29.7 Å². The largest absolute Gasteiger partial charge is 0.416 e. The molecule has 6 nitrogen and oxygen atoms in total. The molecular weight excluding hydrogens is 477 g/mol. The van der Waals surface area contributed by atoms with Crippen molar-refractivity contribution in [3.8, 4) is 6.07 Å². The number of aromatic nitrogens is 1. The number of hydrogen-bond acceptors (Lipinski definition) is 5. The lowest BCUT2D eigenvalue weighted by Crippen LogP contribution is -2.35. The lowest BCUT2D eigenvalue weighted by molar-refractivity contribution is -0.137. The Bertz CT molecular complexity index is 1310. The van der Waals surface area contributed by atoms with Crippen LogP contribution in [0.5, 0.6) is 0 Å². The number of amides is 2. The Morgan fingerprint density at radius 3 is 2.43 bits per heavy atom. The molecule has 0 radical (unpaired) electrons. The fraction of sp³-hybridized carbons (Fsp3) is 0.200. The topological polar surface area (TPSA) is 77.3 Å². The van der Waals surface area contributed by atoms with Crippen LogP contribution < -0.4 is 9.80 Å². The summed E-state index contributed by atoms with van der Waals surface area (Å²) < 4.78 is 39.4. The third kappa shape index (κ3) is 6.13. The van der Waals surface area contributed by atoms with Gasteiger partial charge in [0.25, 0.3) is 5.91 Å². The van der Waals surface area contributed by atoms with Gasteiger partial charge < -0.3 is 4.90 Å². The van der Waals surface area contributed by atoms with E-state index in [-0.39, 0.29) is 22.8 Å². The van der Waals surface area contributed by atoms with E-state index in [2.05, 4.69) is 4.98 Å². The number of alkyl halides is 3. The molecule has 1 heterocycles. The van der Waals surface area contributed by atoms with Gasteiger partial charge in [-0.3, -0.25) is 14.5 Å². The lowest BCUT2D eigenvalue weighted by atomic mass is 10.1. The Hall–Kier alpha value is -3.97. The number of carbonyl (C=O) groups is 2. The summed E-state index contributed by atoms with van der Waals surface area (Å²) in [7, 11) is 0. The van der Waals surface area contributed by atoms with E-state index in [0.29, 0.717) is 16.9 Å². The highest BCUT2D eigenvalue weighted by molar-refractivity contribution is 7.14. The van der Waals surface area contributed by atoms with Gasteiger partial charge in [-0.25, -0.2) is 4.98 Å². The third-order valence-electron chi connectivity index (χ3n) is 4.85. The van der Waals surface area contributed by atoms with Crippen molar-refractivity contribution in [1.29, 1.82) is 5.26 Å². The maximum absolute atomic E-state index is 13.1. The summed E-state index contributed by atoms with van der Waals surface area (Å²) in [4.78, 5) is 32.1. The molecule has 0 saturated heterocycles. The van der Waals surface area contributed by atoms with Gasteiger partial charge in [-0.1, -0.05) is 12.1 Å². The van der Waals surface area contributed by atoms with Crippen LogP contribution in [0.15, 0.2) is 60.0 Å². The molecule has 2 amide bonds. The van der Waals surface area contributed by atoms with Gasteiger partial charge in [0.1, 0.15) is 0 Å². The average molecular weight is 499 g/mol. The van der Waals surface area contributed by atoms with Crippen LogP contribution in [0.2, 0.25) is 0 Å². The first-order valence-corrected chi connectivity index (χ1v) is 11.3. The van der Waals surface area contributed by atoms with E-state index in [9.17, 15) is 22.8 Å². The quantitative estimate of drug-likeness (QED) is 0.381. The van der Waals surface area contributed by atoms with Crippen LogP contribution in [0.3, 0.4) is 0 Å². The van der Waals surface area contributed by atoms with E-state index in [1.165, 1.54) is 36.1 Å². The van der Waals surface area contributed by atoms with Crippen LogP contribution in [0.25, 0.3) is 6.08 Å². The van der Waals surface area contributed by atoms with Crippen molar-refractivity contribution in [2.75, 3.05) is 9.80 Å². The number of nitrogens with zero attached hydrogens (tertiary/aromatic N) is 4. The molecule has 0 aliphatic heterocycles. The molecule has 0 bridgehead atoms. The summed E-state index contributed by atoms with van der Waals surface area (Å²) in [5, 5.41) is 10.9. The van der Waals surface area contributed by atoms with Gasteiger partial charge in [0, 0.05) is 30.1 Å². The number of halogens is 3. The molecule has 180 valence electrons. The van der Waals surface area contributed by atoms with Crippen molar-refractivity contribution in [2.24, 2.45) is 0 Å². The maximum atomic E-state index is 13.1. The third-order valence-corrected chi connectivity index (χ3v) is 5.70. The van der Waals surface area contributed by atoms with Crippen LogP contribution in [-0.2, 0) is 15.8 Å². The van der Waals surface area contributed by atoms with E-state index in [1.54, 1.807) is 29.6 Å². The van der Waals surface area contributed by atoms with Gasteiger partial charge in [-0.2, -0.15) is 18.4 Å². The Morgan fingerprint density at radius 2 is 1.80 bits per heavy atom. The second-order valence-corrected chi connectivity index (χ2v) is 8.59. The second-order valence-electron chi connectivity index (χ2n) is 7.75. The molecule has 1 aromatic heterocycles. The van der Waals surface area contributed by atoms with Crippen molar-refractivity contribution in [1.82, 2.24) is 4.98 Å². The van der Waals surface area contributed by atoms with Crippen LogP contribution in [0.1, 0.15) is 37.6 Å². The number of rotatable bonds is 6. The number of thiazole rings is 1. The summed E-state index contributed by atoms with van der Waals surface area (Å²) >= 11 is 1.06. The highest BCUT2D eigenvalue weighted by atomic mass is 32.1. The molecule has 3 aromatic rings. The van der Waals surface area contributed by atoms with Gasteiger partial charge in [-0.05, 0) is 56.3 Å². The van der Waals surface area contributed by atoms with Crippen LogP contribution >= 0.6 is 11.3 Å². The van der Waals surface area contributed by atoms with E-state index in [1.807, 2.05) is 19.9 Å². The predicted molar refractivity (Wildman–Crippen MR) is 129 cm³/mol. The highest BCUT2D eigenvalue weighted by Gasteiger charge is 2.31. The van der Waals surface area contributed by atoms with E-state index in [0.717, 1.165) is 28.4 Å². The summed E-state index contributed by atoms with van der Waals surface area (Å²) in [6, 6.07) is 13.0. The zero-order valence-corrected chi connectivity index (χ0v) is 19.9. The van der Waals surface area contributed by atoms with Gasteiger partial charge in [0.05, 0.1) is 28.6 Å². The molecule has 35 heavy (non-hydrogen) atoms. The number of carbonyl (C=O) groups excluding carboxylic acids is 2. The molecule has 2 aromatic carbocycles. The van der Waals surface area contributed by atoms with E-state index >= 15 is 0 Å². The first-order chi connectivity index (χ1) is 16.5. The van der Waals surface area contributed by atoms with Gasteiger partial charge in [-0.15, -0.1) is 11.3 Å². The van der Waals surface area contributed by atoms with E-state index in [4.69, 9.17) is 5.26 Å². The minimum absolute atomic E-state index is 0.0386. The van der Waals surface area contributed by atoms with Gasteiger partial charge in [0.15, 0.2) is 5.13 Å². The molecule has 0 aliphatic carbocycles. The van der Waals surface area contributed by atoms with Gasteiger partial charge in [0.2, 0.25) is 5.91 Å². The molecule has 0 fully saturated rings. The number of hydrogen-bond donors (Lipinski definition) is 0. The maximum Gasteiger partial charge on any atom is 0.416 e. The van der Waals surface area contributed by atoms with Crippen molar-refractivity contribution < 1.29 is 22.8 Å². The summed E-state index contributed by atoms with van der Waals surface area (Å²) in [5.41, 5.74) is 0.522. The van der Waals surface area contributed by atoms with Gasteiger partial charge >= 0.3 is 6.18 Å². The SMILES string of the molecule is CC(=O)N(c1cccc(C(F)(F)F)c1)c1nc(/C=C/C(=O)N(c2cccc(C#N)c2)C(C)C)cs1. The summed E-state index contributed by atoms with van der Waals surface area (Å²) in [6.45, 7) is 4.91. The Labute approximate surface area is 204 Å². The van der Waals surface area contributed by atoms with Crippen molar-refractivity contribution in [3.63, 3.8) is 0 Å². The second kappa shape index (κ2) is 10.5. The fourth-order valence-electron chi connectivity index (χ4n) is 3.35. The lowest BCUT2D eigenvalue weighted by Gasteiger charge is -2.25. The molecule has 3 rings (SSSR count). The monoisotopic (exact) mass is 498 g/mol. The number of benzene rings is 2. The van der Waals surface area contributed by atoms with Crippen LogP contribution in [-0.4, -0.2) is 22.8 Å². The zero-order chi connectivity index (χ0) is 25.8. The summed E-state index contributed by atoms with van der Waals surface area (Å²) in [6.07, 6.45) is -1.76. The van der Waals surface area contributed by atoms with Crippen molar-refractivity contribution in [3.05, 3.63) is 76.8 Å². The van der Waals surface area contributed by atoms with Crippen molar-refractivity contribution >= 4 is 45.7 Å². The molecular formula is C25H21F3N4O2S. The van der Waals surface area contributed by atoms with E-state index < -0.39 is 17.6 Å². The number of nitriles is 1. The first kappa shape index (κ1) is 25.6. The van der Waals surface area contributed by atoms with Crippen molar-refractivity contribution in [2.45, 2.75) is 33.0 Å². The standard InChI is InChI=1S/C25H21F3N4O2S/c1-16(2)31(21-8-4-6-18(12-21)14-29)23(34)11-10-20-15-35-24(30-20)32(17(3)33)22-9-5-7-19(13-22)25(26,27)28/h4-13,15-16H,1-3H3/b11-10+. The number of anilines is 3. The average Bonchev–Trinajstić information content (AvgIpc) is 3.25. The summed E-state index contributed by atoms with van der Waals surface area (Å²) in [5.74, 6) is -0.848. The molecule has 0 atom stereocenters. The normalized spacial score (nSPS) is 11.5. The first-order valence-electron chi connectivity index (χ1n) is 10.5. The molecule has 10 heteroatoms. The molecule has 0 unspecified atom stereocenters. The zero-order valence-electron chi connectivity index (χ0n) is 19.1. The fourth-order valence-corrected chi connectivity index (χ4v) is 4.20. The molecule has 0 saturated carbocycles. The molecule has 0 spiro atoms. The predicted octanol–water partition coefficient (Wildman–Crippen LogP) is 6.17. The smallest absolute Gasteiger partial charge is 0.306 e. The Morgan fingerprint density at radius 1 is 1.11 bits per heavy atom. The minimum Gasteiger partial charge on any atom is -0.306 e.